The van der Waals surface area contributed by atoms with Crippen LogP contribution in [0.5, 0.6) is 11.5 Å². The molecule has 7 nitrogen and oxygen atoms in total. The summed E-state index contributed by atoms with van der Waals surface area (Å²) < 4.78 is 16.5. The SMILES string of the molecule is COC(=O)N1CCc2ccc(NC(=O)COc3cccc4c3OC(C)(C)C4)cc2C1. The van der Waals surface area contributed by atoms with Gasteiger partial charge in [-0.1, -0.05) is 18.2 Å². The van der Waals surface area contributed by atoms with E-state index in [1.165, 1.54) is 12.7 Å². The lowest BCUT2D eigenvalue weighted by Gasteiger charge is -2.28. The van der Waals surface area contributed by atoms with Gasteiger partial charge in [0.25, 0.3) is 5.91 Å². The van der Waals surface area contributed by atoms with Crippen LogP contribution in [-0.2, 0) is 28.9 Å². The first-order valence-corrected chi connectivity index (χ1v) is 10.0. The van der Waals surface area contributed by atoms with Crippen molar-refractivity contribution in [1.29, 1.82) is 0 Å². The molecule has 4 rings (SSSR count). The van der Waals surface area contributed by atoms with Crippen LogP contribution in [0.2, 0.25) is 0 Å². The number of nitrogens with one attached hydrogen (secondary N) is 1. The number of hydrogen-bond donors (Lipinski definition) is 1. The molecule has 1 N–H and O–H groups in total. The van der Waals surface area contributed by atoms with Gasteiger partial charge in [0.1, 0.15) is 5.60 Å². The van der Waals surface area contributed by atoms with E-state index in [0.29, 0.717) is 30.3 Å². The van der Waals surface area contributed by atoms with Crippen molar-refractivity contribution in [2.45, 2.75) is 38.8 Å². The molecule has 0 unspecified atom stereocenters. The van der Waals surface area contributed by atoms with Crippen molar-refractivity contribution in [2.75, 3.05) is 25.6 Å². The van der Waals surface area contributed by atoms with Crippen LogP contribution in [0.3, 0.4) is 0 Å². The van der Waals surface area contributed by atoms with Gasteiger partial charge < -0.3 is 24.4 Å². The predicted molar refractivity (Wildman–Crippen MR) is 112 cm³/mol. The summed E-state index contributed by atoms with van der Waals surface area (Å²) in [5.41, 5.74) is 3.66. The number of rotatable bonds is 4. The van der Waals surface area contributed by atoms with Crippen molar-refractivity contribution in [3.05, 3.63) is 53.1 Å². The second-order valence-corrected chi connectivity index (χ2v) is 8.24. The summed E-state index contributed by atoms with van der Waals surface area (Å²) in [7, 11) is 1.38. The number of amides is 2. The summed E-state index contributed by atoms with van der Waals surface area (Å²) in [4.78, 5) is 25.9. The molecule has 0 atom stereocenters. The van der Waals surface area contributed by atoms with Crippen LogP contribution in [0.1, 0.15) is 30.5 Å². The number of fused-ring (bicyclic) bond motifs is 2. The maximum Gasteiger partial charge on any atom is 0.409 e. The van der Waals surface area contributed by atoms with E-state index < -0.39 is 0 Å². The third kappa shape index (κ3) is 4.20. The standard InChI is InChI=1S/C23H26N2O5/c1-23(2)12-16-5-4-6-19(21(16)30-23)29-14-20(26)24-18-8-7-15-9-10-25(22(27)28-3)13-17(15)11-18/h4-8,11H,9-10,12-14H2,1-3H3,(H,24,26). The van der Waals surface area contributed by atoms with Crippen molar-refractivity contribution in [3.8, 4) is 11.5 Å². The Labute approximate surface area is 175 Å². The van der Waals surface area contributed by atoms with E-state index in [0.717, 1.165) is 24.0 Å². The largest absolute Gasteiger partial charge is 0.483 e. The van der Waals surface area contributed by atoms with Gasteiger partial charge >= 0.3 is 6.09 Å². The first-order valence-electron chi connectivity index (χ1n) is 10.0. The Bertz CT molecular complexity index is 986. The van der Waals surface area contributed by atoms with E-state index in [1.807, 2.05) is 50.2 Å². The number of anilines is 1. The zero-order chi connectivity index (χ0) is 21.3. The van der Waals surface area contributed by atoms with E-state index in [-0.39, 0.29) is 24.2 Å². The van der Waals surface area contributed by atoms with Crippen LogP contribution in [0.4, 0.5) is 10.5 Å². The zero-order valence-corrected chi connectivity index (χ0v) is 17.5. The quantitative estimate of drug-likeness (QED) is 0.834. The van der Waals surface area contributed by atoms with Crippen LogP contribution in [0.25, 0.3) is 0 Å². The van der Waals surface area contributed by atoms with Crippen molar-refractivity contribution >= 4 is 17.7 Å². The Morgan fingerprint density at radius 1 is 1.17 bits per heavy atom. The summed E-state index contributed by atoms with van der Waals surface area (Å²) >= 11 is 0. The molecular weight excluding hydrogens is 384 g/mol. The lowest BCUT2D eigenvalue weighted by molar-refractivity contribution is -0.118. The molecule has 2 amide bonds. The van der Waals surface area contributed by atoms with Gasteiger partial charge in [0.15, 0.2) is 18.1 Å². The van der Waals surface area contributed by atoms with E-state index in [9.17, 15) is 9.59 Å². The average molecular weight is 410 g/mol. The smallest absolute Gasteiger partial charge is 0.409 e. The highest BCUT2D eigenvalue weighted by Gasteiger charge is 2.32. The minimum atomic E-state index is -0.343. The number of nitrogens with zero attached hydrogens (tertiary/aromatic N) is 1. The second kappa shape index (κ2) is 7.89. The number of carbonyl (C=O) groups is 2. The van der Waals surface area contributed by atoms with E-state index in [1.54, 1.807) is 4.90 Å². The molecule has 2 aliphatic rings. The van der Waals surface area contributed by atoms with Gasteiger partial charge in [-0.05, 0) is 49.6 Å². The number of ether oxygens (including phenoxy) is 3. The summed E-state index contributed by atoms with van der Waals surface area (Å²) in [6.45, 7) is 5.03. The van der Waals surface area contributed by atoms with Crippen molar-refractivity contribution in [2.24, 2.45) is 0 Å². The Balaban J connectivity index is 1.38. The van der Waals surface area contributed by atoms with Crippen LogP contribution < -0.4 is 14.8 Å². The fraction of sp³-hybridized carbons (Fsp3) is 0.391. The number of methoxy groups -OCH3 is 1. The molecule has 30 heavy (non-hydrogen) atoms. The highest BCUT2D eigenvalue weighted by Crippen LogP contribution is 2.41. The van der Waals surface area contributed by atoms with Crippen LogP contribution in [-0.4, -0.2) is 42.8 Å². The summed E-state index contributed by atoms with van der Waals surface area (Å²) in [6, 6.07) is 11.5. The number of para-hydroxylation sites is 1. The highest BCUT2D eigenvalue weighted by molar-refractivity contribution is 5.92. The molecule has 2 aromatic rings. The van der Waals surface area contributed by atoms with Crippen molar-refractivity contribution in [1.82, 2.24) is 4.90 Å². The fourth-order valence-corrected chi connectivity index (χ4v) is 3.96. The fourth-order valence-electron chi connectivity index (χ4n) is 3.96. The molecule has 0 aliphatic carbocycles. The first kappa shape index (κ1) is 20.1. The van der Waals surface area contributed by atoms with Crippen LogP contribution >= 0.6 is 0 Å². The first-order chi connectivity index (χ1) is 14.3. The maximum atomic E-state index is 12.4. The van der Waals surface area contributed by atoms with E-state index in [4.69, 9.17) is 14.2 Å². The van der Waals surface area contributed by atoms with Gasteiger partial charge in [0.05, 0.1) is 7.11 Å². The van der Waals surface area contributed by atoms with Crippen LogP contribution in [0, 0.1) is 0 Å². The Kier molecular flexibility index (Phi) is 5.28. The summed E-state index contributed by atoms with van der Waals surface area (Å²) in [6.07, 6.45) is 1.23. The molecule has 2 heterocycles. The molecule has 0 fully saturated rings. The molecule has 0 saturated carbocycles. The molecule has 0 aromatic heterocycles. The Hall–Kier alpha value is -3.22. The van der Waals surface area contributed by atoms with Gasteiger partial charge in [-0.25, -0.2) is 4.79 Å². The Morgan fingerprint density at radius 2 is 2.00 bits per heavy atom. The lowest BCUT2D eigenvalue weighted by atomic mass is 9.99. The molecule has 2 aliphatic heterocycles. The van der Waals surface area contributed by atoms with Crippen molar-refractivity contribution in [3.63, 3.8) is 0 Å². The van der Waals surface area contributed by atoms with Gasteiger partial charge in [0.2, 0.25) is 0 Å². The van der Waals surface area contributed by atoms with E-state index >= 15 is 0 Å². The summed E-state index contributed by atoms with van der Waals surface area (Å²) in [5.74, 6) is 1.03. The maximum absolute atomic E-state index is 12.4. The molecule has 158 valence electrons. The van der Waals surface area contributed by atoms with Gasteiger partial charge in [-0.15, -0.1) is 0 Å². The second-order valence-electron chi connectivity index (χ2n) is 8.24. The Morgan fingerprint density at radius 3 is 2.80 bits per heavy atom. The van der Waals surface area contributed by atoms with Gasteiger partial charge in [-0.2, -0.15) is 0 Å². The third-order valence-corrected chi connectivity index (χ3v) is 5.35. The number of benzene rings is 2. The molecule has 0 saturated heterocycles. The lowest BCUT2D eigenvalue weighted by Crippen LogP contribution is -2.35. The molecule has 2 aromatic carbocycles. The average Bonchev–Trinajstić information content (AvgIpc) is 3.05. The number of hydrogen-bond acceptors (Lipinski definition) is 5. The summed E-state index contributed by atoms with van der Waals surface area (Å²) in [5, 5.41) is 2.86. The predicted octanol–water partition coefficient (Wildman–Crippen LogP) is 3.54. The third-order valence-electron chi connectivity index (χ3n) is 5.35. The number of carbonyl (C=O) groups excluding carboxylic acids is 2. The normalized spacial score (nSPS) is 16.2. The molecule has 0 bridgehead atoms. The zero-order valence-electron chi connectivity index (χ0n) is 17.5. The minimum absolute atomic E-state index is 0.119. The minimum Gasteiger partial charge on any atom is -0.483 e. The monoisotopic (exact) mass is 410 g/mol. The molecular formula is C23H26N2O5. The van der Waals surface area contributed by atoms with E-state index in [2.05, 4.69) is 5.32 Å². The van der Waals surface area contributed by atoms with Gasteiger partial charge in [0, 0.05) is 30.8 Å². The van der Waals surface area contributed by atoms with Crippen LogP contribution in [0.15, 0.2) is 36.4 Å². The molecule has 0 radical (unpaired) electrons. The molecule has 7 heteroatoms. The van der Waals surface area contributed by atoms with Gasteiger partial charge in [-0.3, -0.25) is 4.79 Å². The highest BCUT2D eigenvalue weighted by atomic mass is 16.5. The molecule has 0 spiro atoms. The topological polar surface area (TPSA) is 77.1 Å². The van der Waals surface area contributed by atoms with Crippen molar-refractivity contribution < 1.29 is 23.8 Å².